The van der Waals surface area contributed by atoms with Gasteiger partial charge in [0.1, 0.15) is 24.5 Å². The van der Waals surface area contributed by atoms with Crippen molar-refractivity contribution in [2.24, 2.45) is 5.92 Å². The van der Waals surface area contributed by atoms with Gasteiger partial charge in [0.2, 0.25) is 0 Å². The zero-order valence-electron chi connectivity index (χ0n) is 19.7. The first-order chi connectivity index (χ1) is 16.6. The van der Waals surface area contributed by atoms with Crippen molar-refractivity contribution in [1.29, 1.82) is 0 Å². The molecule has 178 valence electrons. The number of fused-ring (bicyclic) bond motifs is 1. The van der Waals surface area contributed by atoms with E-state index in [2.05, 4.69) is 45.1 Å². The Bertz CT molecular complexity index is 1150. The molecule has 1 saturated heterocycles. The SMILES string of the molecule is C=CCOC(=O)N[C@@H]1CCN(Cc2cccc3ncnc(Nc4cccc(OC)c4)c23)C[C@H]1C. The fourth-order valence-electron chi connectivity index (χ4n) is 4.40. The van der Waals surface area contributed by atoms with Crippen LogP contribution in [0.3, 0.4) is 0 Å². The van der Waals surface area contributed by atoms with Crippen LogP contribution in [0.4, 0.5) is 16.3 Å². The van der Waals surface area contributed by atoms with Crippen LogP contribution in [-0.2, 0) is 11.3 Å². The van der Waals surface area contributed by atoms with Crippen molar-refractivity contribution in [3.8, 4) is 5.75 Å². The average molecular weight is 462 g/mol. The summed E-state index contributed by atoms with van der Waals surface area (Å²) in [5.41, 5.74) is 2.96. The molecular formula is C26H31N5O3. The van der Waals surface area contributed by atoms with E-state index < -0.39 is 0 Å². The summed E-state index contributed by atoms with van der Waals surface area (Å²) in [6, 6.07) is 14.0. The lowest BCUT2D eigenvalue weighted by Gasteiger charge is -2.37. The number of aromatic nitrogens is 2. The fourth-order valence-corrected chi connectivity index (χ4v) is 4.40. The molecule has 3 aromatic rings. The van der Waals surface area contributed by atoms with Crippen molar-refractivity contribution >= 4 is 28.5 Å². The molecule has 34 heavy (non-hydrogen) atoms. The predicted molar refractivity (Wildman–Crippen MR) is 133 cm³/mol. The summed E-state index contributed by atoms with van der Waals surface area (Å²) in [4.78, 5) is 23.4. The number of nitrogens with zero attached hydrogens (tertiary/aromatic N) is 3. The van der Waals surface area contributed by atoms with E-state index in [9.17, 15) is 4.79 Å². The van der Waals surface area contributed by atoms with E-state index >= 15 is 0 Å². The summed E-state index contributed by atoms with van der Waals surface area (Å²) < 4.78 is 10.4. The molecule has 2 aromatic carbocycles. The van der Waals surface area contributed by atoms with Crippen molar-refractivity contribution in [2.75, 3.05) is 32.1 Å². The van der Waals surface area contributed by atoms with Gasteiger partial charge in [-0.25, -0.2) is 14.8 Å². The zero-order chi connectivity index (χ0) is 23.9. The standard InChI is InChI=1S/C26H31N5O3/c1-4-13-34-26(32)30-22-11-12-31(15-18(22)2)16-19-7-5-10-23-24(19)25(28-17-27-23)29-20-8-6-9-21(14-20)33-3/h4-10,14,17-18,22H,1,11-13,15-16H2,2-3H3,(H,30,32)(H,27,28,29)/t18-,22-/m1/s1. The van der Waals surface area contributed by atoms with Gasteiger partial charge in [-0.2, -0.15) is 0 Å². The number of alkyl carbamates (subject to hydrolysis) is 1. The first kappa shape index (κ1) is 23.5. The second-order valence-electron chi connectivity index (χ2n) is 8.53. The Morgan fingerprint density at radius 3 is 2.91 bits per heavy atom. The van der Waals surface area contributed by atoms with E-state index in [0.717, 1.165) is 59.8 Å². The van der Waals surface area contributed by atoms with Crippen molar-refractivity contribution < 1.29 is 14.3 Å². The minimum Gasteiger partial charge on any atom is -0.497 e. The molecule has 0 saturated carbocycles. The molecule has 8 nitrogen and oxygen atoms in total. The van der Waals surface area contributed by atoms with Crippen LogP contribution in [0.5, 0.6) is 5.75 Å². The van der Waals surface area contributed by atoms with Gasteiger partial charge < -0.3 is 20.1 Å². The minimum absolute atomic E-state index is 0.0923. The third-order valence-corrected chi connectivity index (χ3v) is 6.10. The van der Waals surface area contributed by atoms with E-state index in [4.69, 9.17) is 9.47 Å². The maximum absolute atomic E-state index is 11.9. The molecule has 0 bridgehead atoms. The number of ether oxygens (including phenoxy) is 2. The number of piperidine rings is 1. The molecule has 0 unspecified atom stereocenters. The summed E-state index contributed by atoms with van der Waals surface area (Å²) in [5, 5.41) is 7.43. The van der Waals surface area contributed by atoms with Crippen LogP contribution in [0, 0.1) is 5.92 Å². The monoisotopic (exact) mass is 461 g/mol. The largest absolute Gasteiger partial charge is 0.497 e. The van der Waals surface area contributed by atoms with E-state index in [1.807, 2.05) is 36.4 Å². The topological polar surface area (TPSA) is 88.6 Å². The summed E-state index contributed by atoms with van der Waals surface area (Å²) >= 11 is 0. The molecule has 2 atom stereocenters. The minimum atomic E-state index is -0.385. The van der Waals surface area contributed by atoms with E-state index in [0.29, 0.717) is 5.92 Å². The smallest absolute Gasteiger partial charge is 0.407 e. The lowest BCUT2D eigenvalue weighted by atomic mass is 9.93. The van der Waals surface area contributed by atoms with Crippen LogP contribution in [-0.4, -0.2) is 53.8 Å². The molecule has 1 aliphatic rings. The van der Waals surface area contributed by atoms with Gasteiger partial charge >= 0.3 is 6.09 Å². The Balaban J connectivity index is 1.49. The Kier molecular flexibility index (Phi) is 7.59. The molecule has 1 fully saturated rings. The number of carbonyl (C=O) groups excluding carboxylic acids is 1. The highest BCUT2D eigenvalue weighted by molar-refractivity contribution is 5.93. The van der Waals surface area contributed by atoms with Gasteiger partial charge in [-0.15, -0.1) is 0 Å². The Morgan fingerprint density at radius 1 is 1.26 bits per heavy atom. The number of anilines is 2. The Hall–Kier alpha value is -3.65. The molecule has 0 radical (unpaired) electrons. The fraction of sp³-hybridized carbons (Fsp3) is 0.346. The lowest BCUT2D eigenvalue weighted by molar-refractivity contribution is 0.119. The van der Waals surface area contributed by atoms with Crippen LogP contribution in [0.15, 0.2) is 61.4 Å². The maximum atomic E-state index is 11.9. The molecule has 1 amide bonds. The van der Waals surface area contributed by atoms with Gasteiger partial charge in [0, 0.05) is 42.8 Å². The number of amides is 1. The van der Waals surface area contributed by atoms with Gasteiger partial charge in [0.25, 0.3) is 0 Å². The Labute approximate surface area is 200 Å². The van der Waals surface area contributed by atoms with Gasteiger partial charge in [-0.3, -0.25) is 4.90 Å². The summed E-state index contributed by atoms with van der Waals surface area (Å²) in [6.45, 7) is 8.47. The first-order valence-corrected chi connectivity index (χ1v) is 11.5. The van der Waals surface area contributed by atoms with Gasteiger partial charge in [0.15, 0.2) is 0 Å². The average Bonchev–Trinajstić information content (AvgIpc) is 2.85. The third-order valence-electron chi connectivity index (χ3n) is 6.10. The van der Waals surface area contributed by atoms with Crippen LogP contribution < -0.4 is 15.4 Å². The third kappa shape index (κ3) is 5.63. The summed E-state index contributed by atoms with van der Waals surface area (Å²) in [7, 11) is 1.65. The van der Waals surface area contributed by atoms with E-state index in [-0.39, 0.29) is 18.7 Å². The first-order valence-electron chi connectivity index (χ1n) is 11.5. The molecule has 1 aliphatic heterocycles. The van der Waals surface area contributed by atoms with Crippen LogP contribution in [0.25, 0.3) is 10.9 Å². The maximum Gasteiger partial charge on any atom is 0.407 e. The number of hydrogen-bond donors (Lipinski definition) is 2. The predicted octanol–water partition coefficient (Wildman–Crippen LogP) is 4.50. The normalized spacial score (nSPS) is 18.3. The second-order valence-corrected chi connectivity index (χ2v) is 8.53. The highest BCUT2D eigenvalue weighted by atomic mass is 16.5. The second kappa shape index (κ2) is 11.0. The van der Waals surface area contributed by atoms with Crippen molar-refractivity contribution in [2.45, 2.75) is 25.9 Å². The van der Waals surface area contributed by atoms with E-state index in [1.165, 1.54) is 0 Å². The van der Waals surface area contributed by atoms with E-state index in [1.54, 1.807) is 19.5 Å². The number of methoxy groups -OCH3 is 1. The Morgan fingerprint density at radius 2 is 2.12 bits per heavy atom. The van der Waals surface area contributed by atoms with Gasteiger partial charge in [0.05, 0.1) is 12.6 Å². The van der Waals surface area contributed by atoms with Crippen LogP contribution in [0.2, 0.25) is 0 Å². The molecule has 4 rings (SSSR count). The lowest BCUT2D eigenvalue weighted by Crippen LogP contribution is -2.49. The number of likely N-dealkylation sites (tertiary alicyclic amines) is 1. The number of benzene rings is 2. The number of nitrogens with one attached hydrogen (secondary N) is 2. The van der Waals surface area contributed by atoms with Crippen LogP contribution in [0.1, 0.15) is 18.9 Å². The van der Waals surface area contributed by atoms with Gasteiger partial charge in [-0.1, -0.05) is 37.8 Å². The number of hydrogen-bond acceptors (Lipinski definition) is 7. The summed E-state index contributed by atoms with van der Waals surface area (Å²) in [6.07, 6.45) is 3.63. The number of rotatable bonds is 8. The quantitative estimate of drug-likeness (QED) is 0.477. The highest BCUT2D eigenvalue weighted by Crippen LogP contribution is 2.29. The highest BCUT2D eigenvalue weighted by Gasteiger charge is 2.28. The van der Waals surface area contributed by atoms with Crippen molar-refractivity contribution in [3.63, 3.8) is 0 Å². The zero-order valence-corrected chi connectivity index (χ0v) is 19.7. The molecule has 0 spiro atoms. The molecule has 1 aromatic heterocycles. The molecule has 8 heteroatoms. The molecule has 2 heterocycles. The molecule has 2 N–H and O–H groups in total. The molecule has 0 aliphatic carbocycles. The summed E-state index contributed by atoms with van der Waals surface area (Å²) in [5.74, 6) is 1.84. The number of carbonyl (C=O) groups is 1. The van der Waals surface area contributed by atoms with Gasteiger partial charge in [-0.05, 0) is 36.1 Å². The molecular weight excluding hydrogens is 430 g/mol. The van der Waals surface area contributed by atoms with Crippen molar-refractivity contribution in [3.05, 3.63) is 67.0 Å². The van der Waals surface area contributed by atoms with Crippen LogP contribution >= 0.6 is 0 Å². The van der Waals surface area contributed by atoms with Crippen molar-refractivity contribution in [1.82, 2.24) is 20.2 Å².